The summed E-state index contributed by atoms with van der Waals surface area (Å²) in [5.74, 6) is -0.510. The second-order valence-corrected chi connectivity index (χ2v) is 7.49. The van der Waals surface area contributed by atoms with Crippen molar-refractivity contribution >= 4 is 33.0 Å². The number of hydrogen-bond acceptors (Lipinski definition) is 6. The van der Waals surface area contributed by atoms with E-state index in [4.69, 9.17) is 22.4 Å². The number of rotatable bonds is 4. The average molecular weight is 334 g/mol. The van der Waals surface area contributed by atoms with E-state index in [-0.39, 0.29) is 41.1 Å². The molecule has 3 N–H and O–H groups in total. The van der Waals surface area contributed by atoms with Gasteiger partial charge in [-0.1, -0.05) is 11.6 Å². The summed E-state index contributed by atoms with van der Waals surface area (Å²) in [5, 5.41) is 9.25. The number of hydrogen-bond donors (Lipinski definition) is 2. The standard InChI is InChI=1S/C12H16ClN3O4S/c13-11-5-9(10(14)6-15-11)12(18)16(2-3-17)8-1-4-21(19,20)7-8/h5-6,8,17H,1-4,7,14H2. The lowest BCUT2D eigenvalue weighted by Crippen LogP contribution is -2.43. The molecule has 2 rings (SSSR count). The van der Waals surface area contributed by atoms with Gasteiger partial charge in [-0.25, -0.2) is 13.4 Å². The highest BCUT2D eigenvalue weighted by Crippen LogP contribution is 2.23. The summed E-state index contributed by atoms with van der Waals surface area (Å²) in [5.41, 5.74) is 6.05. The van der Waals surface area contributed by atoms with Gasteiger partial charge in [0.25, 0.3) is 5.91 Å². The van der Waals surface area contributed by atoms with Crippen LogP contribution in [0.3, 0.4) is 0 Å². The van der Waals surface area contributed by atoms with E-state index >= 15 is 0 Å². The molecule has 0 aromatic carbocycles. The van der Waals surface area contributed by atoms with E-state index in [0.717, 1.165) is 0 Å². The Morgan fingerprint density at radius 2 is 2.29 bits per heavy atom. The lowest BCUT2D eigenvalue weighted by molar-refractivity contribution is 0.0656. The first-order valence-electron chi connectivity index (χ1n) is 6.37. The van der Waals surface area contributed by atoms with Crippen molar-refractivity contribution < 1.29 is 18.3 Å². The second-order valence-electron chi connectivity index (χ2n) is 4.87. The molecule has 1 aromatic rings. The van der Waals surface area contributed by atoms with Crippen LogP contribution in [-0.4, -0.2) is 60.0 Å². The predicted octanol–water partition coefficient (Wildman–Crippen LogP) is -0.0612. The molecule has 0 spiro atoms. The maximum atomic E-state index is 12.6. The Morgan fingerprint density at radius 1 is 1.57 bits per heavy atom. The Labute approximate surface area is 127 Å². The normalized spacial score (nSPS) is 20.4. The van der Waals surface area contributed by atoms with Gasteiger partial charge in [0.2, 0.25) is 0 Å². The molecule has 0 bridgehead atoms. The van der Waals surface area contributed by atoms with Crippen LogP contribution >= 0.6 is 11.6 Å². The van der Waals surface area contributed by atoms with Crippen LogP contribution in [0.25, 0.3) is 0 Å². The second kappa shape index (κ2) is 6.17. The van der Waals surface area contributed by atoms with Gasteiger partial charge in [0.15, 0.2) is 9.84 Å². The number of nitrogen functional groups attached to an aromatic ring is 1. The van der Waals surface area contributed by atoms with E-state index in [9.17, 15) is 13.2 Å². The molecule has 1 aliphatic heterocycles. The van der Waals surface area contributed by atoms with E-state index in [1.54, 1.807) is 0 Å². The van der Waals surface area contributed by atoms with Gasteiger partial charge in [-0.2, -0.15) is 0 Å². The summed E-state index contributed by atoms with van der Waals surface area (Å²) in [6.45, 7) is -0.223. The van der Waals surface area contributed by atoms with Crippen molar-refractivity contribution in [2.24, 2.45) is 0 Å². The average Bonchev–Trinajstić information content (AvgIpc) is 2.78. The maximum absolute atomic E-state index is 12.6. The molecular weight excluding hydrogens is 318 g/mol. The first-order chi connectivity index (χ1) is 9.84. The molecule has 1 aromatic heterocycles. The van der Waals surface area contributed by atoms with Crippen LogP contribution in [0.4, 0.5) is 5.69 Å². The number of carbonyl (C=O) groups is 1. The third-order valence-corrected chi connectivity index (χ3v) is 5.34. The molecule has 0 aliphatic carbocycles. The molecule has 21 heavy (non-hydrogen) atoms. The molecule has 2 heterocycles. The van der Waals surface area contributed by atoms with Gasteiger partial charge in [0, 0.05) is 12.6 Å². The topological polar surface area (TPSA) is 114 Å². The van der Waals surface area contributed by atoms with Crippen LogP contribution in [0.1, 0.15) is 16.8 Å². The van der Waals surface area contributed by atoms with Crippen LogP contribution in [0, 0.1) is 0 Å². The van der Waals surface area contributed by atoms with E-state index < -0.39 is 21.8 Å². The zero-order valence-electron chi connectivity index (χ0n) is 11.2. The molecule has 1 fully saturated rings. The molecule has 9 heteroatoms. The number of pyridine rings is 1. The first-order valence-corrected chi connectivity index (χ1v) is 8.57. The van der Waals surface area contributed by atoms with Gasteiger partial charge in [0.1, 0.15) is 5.15 Å². The molecule has 0 saturated carbocycles. The molecule has 0 radical (unpaired) electrons. The Hall–Kier alpha value is -1.38. The Balaban J connectivity index is 2.30. The summed E-state index contributed by atoms with van der Waals surface area (Å²) >= 11 is 5.76. The summed E-state index contributed by atoms with van der Waals surface area (Å²) in [4.78, 5) is 17.7. The highest BCUT2D eigenvalue weighted by atomic mass is 35.5. The lowest BCUT2D eigenvalue weighted by atomic mass is 10.1. The fourth-order valence-electron chi connectivity index (χ4n) is 2.36. The SMILES string of the molecule is Nc1cnc(Cl)cc1C(=O)N(CCO)C1CCS(=O)(=O)C1. The smallest absolute Gasteiger partial charge is 0.256 e. The van der Waals surface area contributed by atoms with E-state index in [1.807, 2.05) is 0 Å². The molecule has 1 unspecified atom stereocenters. The summed E-state index contributed by atoms with van der Waals surface area (Å²) in [6, 6.07) is 0.883. The fraction of sp³-hybridized carbons (Fsp3) is 0.500. The number of nitrogens with zero attached hydrogens (tertiary/aromatic N) is 2. The van der Waals surface area contributed by atoms with Crippen molar-refractivity contribution in [2.45, 2.75) is 12.5 Å². The predicted molar refractivity (Wildman–Crippen MR) is 78.8 cm³/mol. The third-order valence-electron chi connectivity index (χ3n) is 3.38. The van der Waals surface area contributed by atoms with Crippen molar-refractivity contribution in [2.75, 3.05) is 30.4 Å². The minimum atomic E-state index is -3.14. The number of halogens is 1. The number of aliphatic hydroxyl groups excluding tert-OH is 1. The van der Waals surface area contributed by atoms with Crippen molar-refractivity contribution in [3.05, 3.63) is 23.0 Å². The Kier molecular flexibility index (Phi) is 4.70. The van der Waals surface area contributed by atoms with Crippen LogP contribution in [0.15, 0.2) is 12.3 Å². The van der Waals surface area contributed by atoms with Crippen molar-refractivity contribution in [1.29, 1.82) is 0 Å². The zero-order chi connectivity index (χ0) is 15.6. The van der Waals surface area contributed by atoms with E-state index in [0.29, 0.717) is 6.42 Å². The Bertz CT molecular complexity index is 650. The van der Waals surface area contributed by atoms with Crippen LogP contribution in [0.2, 0.25) is 5.15 Å². The van der Waals surface area contributed by atoms with Crippen LogP contribution in [-0.2, 0) is 9.84 Å². The van der Waals surface area contributed by atoms with Crippen molar-refractivity contribution in [3.63, 3.8) is 0 Å². The number of amides is 1. The minimum absolute atomic E-state index is 0.0401. The number of aromatic nitrogens is 1. The number of anilines is 1. The highest BCUT2D eigenvalue weighted by molar-refractivity contribution is 7.91. The molecule has 1 atom stereocenters. The van der Waals surface area contributed by atoms with Crippen molar-refractivity contribution in [1.82, 2.24) is 9.88 Å². The van der Waals surface area contributed by atoms with Crippen molar-refractivity contribution in [3.8, 4) is 0 Å². The first kappa shape index (κ1) is 16.0. The molecule has 1 aliphatic rings. The monoisotopic (exact) mass is 333 g/mol. The largest absolute Gasteiger partial charge is 0.397 e. The molecular formula is C12H16ClN3O4S. The quantitative estimate of drug-likeness (QED) is 0.746. The number of aliphatic hydroxyl groups is 1. The maximum Gasteiger partial charge on any atom is 0.256 e. The van der Waals surface area contributed by atoms with Gasteiger partial charge < -0.3 is 15.7 Å². The number of carbonyl (C=O) groups excluding carboxylic acids is 1. The summed E-state index contributed by atoms with van der Waals surface area (Å²) < 4.78 is 23.1. The van der Waals surface area contributed by atoms with Gasteiger partial charge in [0.05, 0.1) is 35.6 Å². The van der Waals surface area contributed by atoms with Gasteiger partial charge >= 0.3 is 0 Å². The van der Waals surface area contributed by atoms with E-state index in [2.05, 4.69) is 4.98 Å². The summed E-state index contributed by atoms with van der Waals surface area (Å²) in [7, 11) is -3.14. The number of nitrogens with two attached hydrogens (primary N) is 1. The van der Waals surface area contributed by atoms with Gasteiger partial charge in [-0.3, -0.25) is 4.79 Å². The van der Waals surface area contributed by atoms with Gasteiger partial charge in [-0.05, 0) is 12.5 Å². The van der Waals surface area contributed by atoms with Crippen LogP contribution in [0.5, 0.6) is 0 Å². The Morgan fingerprint density at radius 3 is 2.86 bits per heavy atom. The zero-order valence-corrected chi connectivity index (χ0v) is 12.8. The lowest BCUT2D eigenvalue weighted by Gasteiger charge is -2.28. The van der Waals surface area contributed by atoms with E-state index in [1.165, 1.54) is 17.2 Å². The third kappa shape index (κ3) is 3.63. The van der Waals surface area contributed by atoms with Gasteiger partial charge in [-0.15, -0.1) is 0 Å². The van der Waals surface area contributed by atoms with Crippen LogP contribution < -0.4 is 5.73 Å². The molecule has 7 nitrogen and oxygen atoms in total. The molecule has 116 valence electrons. The summed E-state index contributed by atoms with van der Waals surface area (Å²) in [6.07, 6.45) is 1.63. The number of sulfone groups is 1. The molecule has 1 saturated heterocycles. The minimum Gasteiger partial charge on any atom is -0.397 e. The highest BCUT2D eigenvalue weighted by Gasteiger charge is 2.35. The molecule has 1 amide bonds. The fourth-order valence-corrected chi connectivity index (χ4v) is 4.25.